The molecule has 212 valence electrons. The number of nitrogens with zero attached hydrogens (tertiary/aromatic N) is 4. The number of pyridine rings is 1. The summed E-state index contributed by atoms with van der Waals surface area (Å²) in [6.07, 6.45) is -2.81. The third kappa shape index (κ3) is 5.06. The Morgan fingerprint density at radius 1 is 1.17 bits per heavy atom. The minimum Gasteiger partial charge on any atom is -0.378 e. The second-order valence-corrected chi connectivity index (χ2v) is 9.75. The number of fused-ring (bicyclic) bond motifs is 1. The minimum absolute atomic E-state index is 0.0542. The van der Waals surface area contributed by atoms with Crippen LogP contribution in [-0.4, -0.2) is 78.4 Å². The van der Waals surface area contributed by atoms with Gasteiger partial charge in [0.15, 0.2) is 6.04 Å². The van der Waals surface area contributed by atoms with E-state index in [1.54, 1.807) is 0 Å². The summed E-state index contributed by atoms with van der Waals surface area (Å²) in [6.45, 7) is 4.88. The van der Waals surface area contributed by atoms with Gasteiger partial charge in [-0.1, -0.05) is 12.1 Å². The van der Waals surface area contributed by atoms with Crippen LogP contribution in [-0.2, 0) is 4.74 Å². The normalized spacial score (nSPS) is 17.2. The fraction of sp³-hybridized carbons (Fsp3) is 0.321. The molecule has 0 unspecified atom stereocenters. The van der Waals surface area contributed by atoms with E-state index in [0.29, 0.717) is 0 Å². The minimum atomic E-state index is -3.02. The molecule has 13 heteroatoms. The molecule has 3 aromatic rings. The average molecular weight is 571 g/mol. The highest BCUT2D eigenvalue weighted by atomic mass is 19.3. The van der Waals surface area contributed by atoms with Crippen molar-refractivity contribution in [3.05, 3.63) is 74.6 Å². The molecule has 2 aliphatic rings. The Kier molecular flexibility index (Phi) is 7.59. The van der Waals surface area contributed by atoms with E-state index in [2.05, 4.69) is 11.7 Å². The molecule has 9 nitrogen and oxygen atoms in total. The maximum atomic E-state index is 14.9. The molecule has 3 heterocycles. The number of morpholine rings is 1. The fourth-order valence-electron chi connectivity index (χ4n) is 5.32. The van der Waals surface area contributed by atoms with Crippen LogP contribution in [0.1, 0.15) is 44.7 Å². The number of amides is 2. The number of H-pyrrole nitrogens is 1. The summed E-state index contributed by atoms with van der Waals surface area (Å²) in [7, 11) is 0. The SMILES string of the molecule is C=[N+](C(=O)c1c(F)c(=O)[nH]c2c(F)cccc12)[C@@H]1CCN(c2c(C(=O)N3CCOCC3)cc(C#N)cc2C(F)F)C1. The van der Waals surface area contributed by atoms with E-state index in [9.17, 15) is 37.2 Å². The number of carbonyl (C=O) groups excluding carboxylic acids is 2. The smallest absolute Gasteiger partial charge is 0.378 e. The zero-order valence-electron chi connectivity index (χ0n) is 21.6. The first-order chi connectivity index (χ1) is 19.6. The number of hydrogen-bond donors (Lipinski definition) is 1. The van der Waals surface area contributed by atoms with Crippen LogP contribution in [0.15, 0.2) is 35.1 Å². The van der Waals surface area contributed by atoms with Crippen LogP contribution in [0, 0.1) is 23.0 Å². The largest absolute Gasteiger partial charge is 0.423 e. The number of nitriles is 1. The van der Waals surface area contributed by atoms with Gasteiger partial charge in [0, 0.05) is 37.0 Å². The number of anilines is 1. The highest BCUT2D eigenvalue weighted by Gasteiger charge is 2.40. The molecule has 0 spiro atoms. The lowest BCUT2D eigenvalue weighted by atomic mass is 10.0. The molecule has 1 N–H and O–H groups in total. The standard InChI is InChI=1S/C28H23F4N5O4/c1-35(28(40)21-17-3-2-4-20(29)23(17)34-26(38)22(21)30)16-5-6-37(14-16)24-18(25(31)32)11-15(13-33)12-19(24)27(39)36-7-9-41-10-8-36/h2-4,11-12,16,25H,1,5-10,14H2/p+1/t16-/m1/s1. The van der Waals surface area contributed by atoms with Gasteiger partial charge < -0.3 is 19.5 Å². The summed E-state index contributed by atoms with van der Waals surface area (Å²) in [5.74, 6) is -3.78. The van der Waals surface area contributed by atoms with Crippen molar-refractivity contribution in [2.24, 2.45) is 0 Å². The summed E-state index contributed by atoms with van der Waals surface area (Å²) < 4.78 is 64.0. The number of para-hydroxylation sites is 1. The fourth-order valence-corrected chi connectivity index (χ4v) is 5.32. The van der Waals surface area contributed by atoms with Gasteiger partial charge in [0.05, 0.1) is 48.2 Å². The first-order valence-corrected chi connectivity index (χ1v) is 12.7. The Morgan fingerprint density at radius 3 is 2.59 bits per heavy atom. The van der Waals surface area contributed by atoms with Crippen molar-refractivity contribution >= 4 is 35.1 Å². The third-order valence-corrected chi connectivity index (χ3v) is 7.37. The van der Waals surface area contributed by atoms with Gasteiger partial charge in [0.25, 0.3) is 17.9 Å². The van der Waals surface area contributed by atoms with Crippen molar-refractivity contribution in [3.8, 4) is 6.07 Å². The Labute approximate surface area is 230 Å². The number of benzene rings is 2. The lowest BCUT2D eigenvalue weighted by Crippen LogP contribution is -2.41. The van der Waals surface area contributed by atoms with Crippen LogP contribution in [0.25, 0.3) is 10.9 Å². The van der Waals surface area contributed by atoms with Gasteiger partial charge in [0.2, 0.25) is 5.82 Å². The van der Waals surface area contributed by atoms with Crippen LogP contribution >= 0.6 is 0 Å². The Balaban J connectivity index is 1.50. The van der Waals surface area contributed by atoms with Gasteiger partial charge >= 0.3 is 5.91 Å². The summed E-state index contributed by atoms with van der Waals surface area (Å²) in [6, 6.07) is 6.99. The number of carbonyl (C=O) groups is 2. The Morgan fingerprint density at radius 2 is 1.90 bits per heavy atom. The number of alkyl halides is 2. The molecule has 5 rings (SSSR count). The van der Waals surface area contributed by atoms with E-state index < -0.39 is 52.6 Å². The van der Waals surface area contributed by atoms with E-state index in [-0.39, 0.29) is 73.5 Å². The molecule has 0 aliphatic carbocycles. The van der Waals surface area contributed by atoms with Crippen LogP contribution in [0.4, 0.5) is 23.2 Å². The number of aromatic nitrogens is 1. The molecule has 41 heavy (non-hydrogen) atoms. The van der Waals surface area contributed by atoms with E-state index >= 15 is 0 Å². The predicted molar refractivity (Wildman–Crippen MR) is 140 cm³/mol. The molecule has 2 amide bonds. The van der Waals surface area contributed by atoms with Gasteiger partial charge in [-0.25, -0.2) is 18.0 Å². The average Bonchev–Trinajstić information content (AvgIpc) is 3.47. The second kappa shape index (κ2) is 11.1. The van der Waals surface area contributed by atoms with Crippen molar-refractivity contribution in [3.63, 3.8) is 0 Å². The van der Waals surface area contributed by atoms with E-state index in [1.807, 2.05) is 6.07 Å². The van der Waals surface area contributed by atoms with Crippen molar-refractivity contribution < 1.29 is 36.5 Å². The van der Waals surface area contributed by atoms with E-state index in [0.717, 1.165) is 16.7 Å². The first kappa shape index (κ1) is 28.0. The van der Waals surface area contributed by atoms with E-state index in [4.69, 9.17) is 4.74 Å². The van der Waals surface area contributed by atoms with Gasteiger partial charge in [-0.2, -0.15) is 14.2 Å². The third-order valence-electron chi connectivity index (χ3n) is 7.37. The Hall–Kier alpha value is -4.57. The topological polar surface area (TPSA) is 110 Å². The molecular weight excluding hydrogens is 546 g/mol. The summed E-state index contributed by atoms with van der Waals surface area (Å²) in [5.41, 5.74) is -3.03. The van der Waals surface area contributed by atoms with Crippen molar-refractivity contribution in [1.82, 2.24) is 9.88 Å². The summed E-state index contributed by atoms with van der Waals surface area (Å²) in [5, 5.41) is 9.30. The zero-order valence-corrected chi connectivity index (χ0v) is 21.6. The van der Waals surface area contributed by atoms with Crippen molar-refractivity contribution in [2.45, 2.75) is 18.9 Å². The van der Waals surface area contributed by atoms with Gasteiger partial charge in [0.1, 0.15) is 18.1 Å². The number of rotatable bonds is 5. The second-order valence-electron chi connectivity index (χ2n) is 9.75. The van der Waals surface area contributed by atoms with Gasteiger partial charge in [-0.3, -0.25) is 9.59 Å². The molecule has 0 radical (unpaired) electrons. The molecule has 1 atom stereocenters. The van der Waals surface area contributed by atoms with Crippen molar-refractivity contribution in [1.29, 1.82) is 5.26 Å². The molecule has 0 saturated carbocycles. The predicted octanol–water partition coefficient (Wildman–Crippen LogP) is 3.22. The van der Waals surface area contributed by atoms with Crippen LogP contribution in [0.2, 0.25) is 0 Å². The summed E-state index contributed by atoms with van der Waals surface area (Å²) >= 11 is 0. The lowest BCUT2D eigenvalue weighted by molar-refractivity contribution is -0.457. The first-order valence-electron chi connectivity index (χ1n) is 12.7. The lowest BCUT2D eigenvalue weighted by Gasteiger charge is -2.30. The number of nitrogens with one attached hydrogen (secondary N) is 1. The highest BCUT2D eigenvalue weighted by molar-refractivity contribution is 6.03. The molecule has 2 saturated heterocycles. The summed E-state index contributed by atoms with van der Waals surface area (Å²) in [4.78, 5) is 44.1. The Bertz CT molecular complexity index is 1680. The molecule has 2 fully saturated rings. The van der Waals surface area contributed by atoms with Crippen LogP contribution in [0.3, 0.4) is 0 Å². The zero-order chi connectivity index (χ0) is 29.4. The number of halogens is 4. The van der Waals surface area contributed by atoms with E-state index in [1.165, 1.54) is 28.0 Å². The maximum Gasteiger partial charge on any atom is 0.423 e. The highest BCUT2D eigenvalue weighted by Crippen LogP contribution is 2.37. The van der Waals surface area contributed by atoms with Gasteiger partial charge in [-0.05, 0) is 18.2 Å². The molecular formula is C28H24F4N5O4+. The quantitative estimate of drug-likeness (QED) is 0.287. The van der Waals surface area contributed by atoms with Gasteiger partial charge in [-0.15, -0.1) is 0 Å². The molecule has 2 aliphatic heterocycles. The van der Waals surface area contributed by atoms with Crippen molar-refractivity contribution in [2.75, 3.05) is 44.3 Å². The molecule has 1 aromatic heterocycles. The number of ether oxygens (including phenoxy) is 1. The maximum absolute atomic E-state index is 14.9. The molecule has 2 aromatic carbocycles. The number of hydrogen-bond acceptors (Lipinski definition) is 6. The monoisotopic (exact) mass is 570 g/mol. The van der Waals surface area contributed by atoms with Crippen LogP contribution in [0.5, 0.6) is 0 Å². The van der Waals surface area contributed by atoms with Crippen LogP contribution < -0.4 is 10.5 Å². The number of aromatic amines is 1. The molecule has 0 bridgehead atoms.